The van der Waals surface area contributed by atoms with E-state index in [0.717, 1.165) is 41.1 Å². The van der Waals surface area contributed by atoms with Gasteiger partial charge in [0.05, 0.1) is 24.4 Å². The fourth-order valence-electron chi connectivity index (χ4n) is 3.40. The van der Waals surface area contributed by atoms with Crippen molar-refractivity contribution in [2.24, 2.45) is 11.8 Å². The van der Waals surface area contributed by atoms with Crippen LogP contribution in [0.5, 0.6) is 5.75 Å². The molecule has 2 N–H and O–H groups in total. The van der Waals surface area contributed by atoms with Gasteiger partial charge >= 0.3 is 0 Å². The fraction of sp³-hybridized carbons (Fsp3) is 0.591. The maximum Gasteiger partial charge on any atom is 0.121 e. The maximum absolute atomic E-state index is 10.6. The monoisotopic (exact) mass is 373 g/mol. The second-order valence-electron chi connectivity index (χ2n) is 8.24. The number of aryl methyl sites for hydroxylation is 1. The highest BCUT2D eigenvalue weighted by atomic mass is 16.5. The Balaban J connectivity index is 2.09. The molecule has 0 spiro atoms. The van der Waals surface area contributed by atoms with Crippen LogP contribution in [0.2, 0.25) is 0 Å². The van der Waals surface area contributed by atoms with Crippen LogP contribution in [-0.4, -0.2) is 54.4 Å². The molecule has 0 aliphatic carbocycles. The summed E-state index contributed by atoms with van der Waals surface area (Å²) in [5, 5.41) is 15.0. The molecule has 0 radical (unpaired) electrons. The molecule has 0 unspecified atom stereocenters. The average molecular weight is 374 g/mol. The van der Waals surface area contributed by atoms with E-state index in [1.54, 1.807) is 7.11 Å². The average Bonchev–Trinajstić information content (AvgIpc) is 2.58. The highest BCUT2D eigenvalue weighted by Gasteiger charge is 2.15. The van der Waals surface area contributed by atoms with Crippen LogP contribution in [0.25, 0.3) is 10.9 Å². The van der Waals surface area contributed by atoms with Crippen molar-refractivity contribution in [3.8, 4) is 5.75 Å². The number of fused-ring (bicyclic) bond motifs is 1. The Bertz CT molecular complexity index is 721. The molecule has 27 heavy (non-hydrogen) atoms. The van der Waals surface area contributed by atoms with E-state index in [2.05, 4.69) is 49.0 Å². The summed E-state index contributed by atoms with van der Waals surface area (Å²) in [5.41, 5.74) is 2.77. The SMILES string of the molecule is COc1cc(NC[C@@H](O)CN(CC(C)C)CC(C)C)c2nc(C)ccc2c1. The lowest BCUT2D eigenvalue weighted by Crippen LogP contribution is -2.40. The summed E-state index contributed by atoms with van der Waals surface area (Å²) in [4.78, 5) is 7.01. The summed E-state index contributed by atoms with van der Waals surface area (Å²) >= 11 is 0. The van der Waals surface area contributed by atoms with Crippen molar-refractivity contribution in [2.45, 2.75) is 40.7 Å². The molecule has 0 amide bonds. The van der Waals surface area contributed by atoms with Gasteiger partial charge in [0.25, 0.3) is 0 Å². The van der Waals surface area contributed by atoms with Crippen LogP contribution >= 0.6 is 0 Å². The Morgan fingerprint density at radius 3 is 2.33 bits per heavy atom. The van der Waals surface area contributed by atoms with E-state index in [0.29, 0.717) is 24.9 Å². The Morgan fingerprint density at radius 2 is 1.74 bits per heavy atom. The molecule has 5 nitrogen and oxygen atoms in total. The number of anilines is 1. The van der Waals surface area contributed by atoms with Gasteiger partial charge < -0.3 is 20.1 Å². The number of hydrogen-bond donors (Lipinski definition) is 2. The number of aliphatic hydroxyl groups excluding tert-OH is 1. The van der Waals surface area contributed by atoms with E-state index in [4.69, 9.17) is 4.74 Å². The second-order valence-corrected chi connectivity index (χ2v) is 8.24. The maximum atomic E-state index is 10.6. The minimum Gasteiger partial charge on any atom is -0.497 e. The lowest BCUT2D eigenvalue weighted by Gasteiger charge is -2.28. The van der Waals surface area contributed by atoms with E-state index in [1.807, 2.05) is 25.1 Å². The van der Waals surface area contributed by atoms with Crippen LogP contribution < -0.4 is 10.1 Å². The molecule has 1 aromatic carbocycles. The first-order valence-corrected chi connectivity index (χ1v) is 9.88. The molecule has 0 saturated heterocycles. The number of aromatic nitrogens is 1. The Kier molecular flexibility index (Phi) is 7.87. The van der Waals surface area contributed by atoms with Gasteiger partial charge in [0.1, 0.15) is 5.75 Å². The van der Waals surface area contributed by atoms with E-state index < -0.39 is 6.10 Å². The smallest absolute Gasteiger partial charge is 0.121 e. The minimum absolute atomic E-state index is 0.450. The molecule has 1 heterocycles. The summed E-state index contributed by atoms with van der Waals surface area (Å²) in [6, 6.07) is 7.97. The molecule has 0 aliphatic heterocycles. The van der Waals surface area contributed by atoms with Gasteiger partial charge in [-0.25, -0.2) is 0 Å². The summed E-state index contributed by atoms with van der Waals surface area (Å²) in [6.07, 6.45) is -0.450. The van der Waals surface area contributed by atoms with Gasteiger partial charge in [-0.15, -0.1) is 0 Å². The topological polar surface area (TPSA) is 57.6 Å². The second kappa shape index (κ2) is 9.90. The molecular weight excluding hydrogens is 338 g/mol. The van der Waals surface area contributed by atoms with E-state index in [1.165, 1.54) is 0 Å². The van der Waals surface area contributed by atoms with Gasteiger partial charge in [-0.1, -0.05) is 33.8 Å². The van der Waals surface area contributed by atoms with E-state index in [9.17, 15) is 5.11 Å². The molecule has 5 heteroatoms. The Morgan fingerprint density at radius 1 is 1.07 bits per heavy atom. The Labute approximate surface area is 163 Å². The molecule has 1 aromatic heterocycles. The van der Waals surface area contributed by atoms with Crippen molar-refractivity contribution in [3.63, 3.8) is 0 Å². The van der Waals surface area contributed by atoms with Crippen LogP contribution in [0, 0.1) is 18.8 Å². The number of methoxy groups -OCH3 is 1. The standard InChI is InChI=1S/C22H35N3O2/c1-15(2)12-25(13-16(3)4)14-19(26)11-23-21-10-20(27-6)9-18-8-7-17(5)24-22(18)21/h7-10,15-16,19,23,26H,11-14H2,1-6H3/t19-/m1/s1. The van der Waals surface area contributed by atoms with Crippen molar-refractivity contribution >= 4 is 16.6 Å². The minimum atomic E-state index is -0.450. The first-order chi connectivity index (χ1) is 12.8. The number of nitrogens with one attached hydrogen (secondary N) is 1. The zero-order chi connectivity index (χ0) is 20.0. The number of nitrogens with zero attached hydrogens (tertiary/aromatic N) is 2. The third-order valence-corrected chi connectivity index (χ3v) is 4.38. The number of benzene rings is 1. The van der Waals surface area contributed by atoms with Crippen molar-refractivity contribution < 1.29 is 9.84 Å². The molecule has 2 rings (SSSR count). The van der Waals surface area contributed by atoms with E-state index >= 15 is 0 Å². The molecule has 1 atom stereocenters. The van der Waals surface area contributed by atoms with E-state index in [-0.39, 0.29) is 0 Å². The van der Waals surface area contributed by atoms with Crippen molar-refractivity contribution in [1.29, 1.82) is 0 Å². The number of ether oxygens (including phenoxy) is 1. The summed E-state index contributed by atoms with van der Waals surface area (Å²) in [7, 11) is 1.66. The number of pyridine rings is 1. The lowest BCUT2D eigenvalue weighted by atomic mass is 10.1. The van der Waals surface area contributed by atoms with Crippen molar-refractivity contribution in [3.05, 3.63) is 30.0 Å². The fourth-order valence-corrected chi connectivity index (χ4v) is 3.40. The first-order valence-electron chi connectivity index (χ1n) is 9.88. The third-order valence-electron chi connectivity index (χ3n) is 4.38. The van der Waals surface area contributed by atoms with Crippen LogP contribution in [0.3, 0.4) is 0 Å². The van der Waals surface area contributed by atoms with Crippen LogP contribution in [-0.2, 0) is 0 Å². The first kappa shape index (κ1) is 21.5. The predicted octanol–water partition coefficient (Wildman–Crippen LogP) is 3.94. The normalized spacial score (nSPS) is 13.0. The van der Waals surface area contributed by atoms with Gasteiger partial charge in [0.15, 0.2) is 0 Å². The molecule has 0 saturated carbocycles. The van der Waals surface area contributed by atoms with Crippen LogP contribution in [0.1, 0.15) is 33.4 Å². The molecule has 0 aliphatic rings. The largest absolute Gasteiger partial charge is 0.497 e. The highest BCUT2D eigenvalue weighted by molar-refractivity contribution is 5.92. The number of hydrogen-bond acceptors (Lipinski definition) is 5. The van der Waals surface area contributed by atoms with Crippen molar-refractivity contribution in [1.82, 2.24) is 9.88 Å². The van der Waals surface area contributed by atoms with Crippen LogP contribution in [0.4, 0.5) is 5.69 Å². The van der Waals surface area contributed by atoms with Gasteiger partial charge in [0.2, 0.25) is 0 Å². The summed E-state index contributed by atoms with van der Waals surface area (Å²) < 4.78 is 5.41. The highest BCUT2D eigenvalue weighted by Crippen LogP contribution is 2.28. The number of aliphatic hydroxyl groups is 1. The third kappa shape index (κ3) is 6.67. The van der Waals surface area contributed by atoms with Crippen LogP contribution in [0.15, 0.2) is 24.3 Å². The Hall–Kier alpha value is -1.85. The van der Waals surface area contributed by atoms with Gasteiger partial charge in [-0.2, -0.15) is 0 Å². The van der Waals surface area contributed by atoms with Gasteiger partial charge in [-0.3, -0.25) is 4.98 Å². The van der Waals surface area contributed by atoms with Crippen molar-refractivity contribution in [2.75, 3.05) is 38.6 Å². The zero-order valence-electron chi connectivity index (χ0n) is 17.6. The molecule has 2 aromatic rings. The zero-order valence-corrected chi connectivity index (χ0v) is 17.6. The summed E-state index contributed by atoms with van der Waals surface area (Å²) in [6.45, 7) is 14.0. The predicted molar refractivity (Wildman–Crippen MR) is 114 cm³/mol. The quantitative estimate of drug-likeness (QED) is 0.661. The molecule has 0 bridgehead atoms. The number of rotatable bonds is 10. The molecule has 150 valence electrons. The van der Waals surface area contributed by atoms with Gasteiger partial charge in [0, 0.05) is 43.3 Å². The lowest BCUT2D eigenvalue weighted by molar-refractivity contribution is 0.107. The molecular formula is C22H35N3O2. The molecule has 0 fully saturated rings. The van der Waals surface area contributed by atoms with Gasteiger partial charge in [-0.05, 0) is 30.9 Å². The summed E-state index contributed by atoms with van der Waals surface area (Å²) in [5.74, 6) is 1.95.